The largest absolute Gasteiger partial charge is 0.434 e. The maximum absolute atomic E-state index is 13.1. The molecular formula is C18H20F7N3O3. The van der Waals surface area contributed by atoms with E-state index in [1.165, 1.54) is 6.20 Å². The van der Waals surface area contributed by atoms with Crippen LogP contribution in [-0.4, -0.2) is 53.4 Å². The number of carbonyl (C=O) groups is 2. The molecule has 1 unspecified atom stereocenters. The van der Waals surface area contributed by atoms with Gasteiger partial charge in [0, 0.05) is 25.1 Å². The second kappa shape index (κ2) is 8.50. The van der Waals surface area contributed by atoms with Gasteiger partial charge in [-0.25, -0.2) is 9.18 Å². The van der Waals surface area contributed by atoms with E-state index < -0.39 is 47.6 Å². The van der Waals surface area contributed by atoms with Crippen LogP contribution in [0, 0.1) is 17.2 Å². The summed E-state index contributed by atoms with van der Waals surface area (Å²) in [6, 6.07) is 1.08. The van der Waals surface area contributed by atoms with E-state index in [2.05, 4.69) is 15.0 Å². The molecule has 6 nitrogen and oxygen atoms in total. The lowest BCUT2D eigenvalue weighted by molar-refractivity contribution is -0.308. The first-order valence-corrected chi connectivity index (χ1v) is 8.82. The van der Waals surface area contributed by atoms with Crippen LogP contribution in [0.2, 0.25) is 0 Å². The Morgan fingerprint density at radius 1 is 1.13 bits per heavy atom. The molecular weight excluding hydrogens is 439 g/mol. The minimum Gasteiger partial charge on any atom is -0.426 e. The molecule has 2 amide bonds. The van der Waals surface area contributed by atoms with E-state index in [4.69, 9.17) is 0 Å². The van der Waals surface area contributed by atoms with Gasteiger partial charge in [0.15, 0.2) is 0 Å². The van der Waals surface area contributed by atoms with E-state index >= 15 is 0 Å². The number of pyridine rings is 1. The Bertz CT molecular complexity index is 806. The maximum Gasteiger partial charge on any atom is 0.434 e. The molecule has 0 radical (unpaired) electrons. The van der Waals surface area contributed by atoms with Gasteiger partial charge in [-0.05, 0) is 24.7 Å². The number of alkyl halides is 6. The van der Waals surface area contributed by atoms with Crippen molar-refractivity contribution in [3.05, 3.63) is 24.3 Å². The highest BCUT2D eigenvalue weighted by molar-refractivity contribution is 5.95. The highest BCUT2D eigenvalue weighted by Gasteiger charge is 2.61. The number of hydrogen-bond acceptors (Lipinski definition) is 4. The van der Waals surface area contributed by atoms with Crippen molar-refractivity contribution in [2.75, 3.05) is 18.4 Å². The van der Waals surface area contributed by atoms with Crippen molar-refractivity contribution >= 4 is 17.7 Å². The number of piperidine rings is 1. The highest BCUT2D eigenvalue weighted by Crippen LogP contribution is 2.59. The van der Waals surface area contributed by atoms with E-state index in [1.54, 1.807) is 0 Å². The Morgan fingerprint density at radius 3 is 2.23 bits per heavy atom. The number of nitrogens with one attached hydrogen (secondary N) is 1. The van der Waals surface area contributed by atoms with E-state index in [0.29, 0.717) is 6.42 Å². The zero-order chi connectivity index (χ0) is 22.3. The Balaban J connectivity index is 0.00000341. The Labute approximate surface area is 172 Å². The van der Waals surface area contributed by atoms with Gasteiger partial charge in [0.2, 0.25) is 5.91 Å². The van der Waals surface area contributed by atoms with Crippen molar-refractivity contribution < 1.29 is 45.1 Å². The average Bonchev–Trinajstić information content (AvgIpc) is 3.31. The van der Waals surface area contributed by atoms with Crippen molar-refractivity contribution in [3.63, 3.8) is 0 Å². The summed E-state index contributed by atoms with van der Waals surface area (Å²) in [5.74, 6) is -1.49. The second-order valence-electron chi connectivity index (χ2n) is 7.33. The summed E-state index contributed by atoms with van der Waals surface area (Å²) in [7, 11) is 0. The molecule has 1 saturated carbocycles. The molecule has 1 N–H and O–H groups in total. The van der Waals surface area contributed by atoms with Gasteiger partial charge in [0.1, 0.15) is 5.82 Å². The van der Waals surface area contributed by atoms with E-state index in [1.807, 2.05) is 0 Å². The molecule has 1 aliphatic heterocycles. The standard InChI is InChI=1S/C17H16F7N3O3.CH4/c18-9-5-10(8-25-7-9)26-12(28)11-6-15(11)1-3-27(4-2-15)14(29)30-13(16(19,20)21)17(22,23)24;/h5,7-8,11,13H,1-4,6H2,(H,26,28);1H4. The molecule has 2 heterocycles. The van der Waals surface area contributed by atoms with Crippen LogP contribution in [0.4, 0.5) is 41.2 Å². The quantitative estimate of drug-likeness (QED) is 0.675. The normalized spacial score (nSPS) is 20.3. The fourth-order valence-corrected chi connectivity index (χ4v) is 3.61. The summed E-state index contributed by atoms with van der Waals surface area (Å²) in [5.41, 5.74) is -0.344. The topological polar surface area (TPSA) is 71.5 Å². The molecule has 174 valence electrons. The molecule has 1 spiro atoms. The van der Waals surface area contributed by atoms with Crippen molar-refractivity contribution in [1.29, 1.82) is 0 Å². The van der Waals surface area contributed by atoms with Crippen LogP contribution in [-0.2, 0) is 9.53 Å². The monoisotopic (exact) mass is 459 g/mol. The first-order valence-electron chi connectivity index (χ1n) is 8.82. The molecule has 2 fully saturated rings. The zero-order valence-electron chi connectivity index (χ0n) is 15.2. The van der Waals surface area contributed by atoms with E-state index in [0.717, 1.165) is 17.2 Å². The summed E-state index contributed by atoms with van der Waals surface area (Å²) in [5, 5.41) is 2.51. The molecule has 0 aromatic carbocycles. The minimum absolute atomic E-state index is 0. The Morgan fingerprint density at radius 2 is 1.71 bits per heavy atom. The number of nitrogens with zero attached hydrogens (tertiary/aromatic N) is 2. The average molecular weight is 459 g/mol. The van der Waals surface area contributed by atoms with Gasteiger partial charge in [0.25, 0.3) is 6.10 Å². The van der Waals surface area contributed by atoms with Crippen LogP contribution in [0.3, 0.4) is 0 Å². The number of carbonyl (C=O) groups excluding carboxylic acids is 2. The molecule has 1 atom stereocenters. The maximum atomic E-state index is 13.1. The number of ether oxygens (including phenoxy) is 1. The summed E-state index contributed by atoms with van der Waals surface area (Å²) in [6.07, 6.45) is -14.4. The summed E-state index contributed by atoms with van der Waals surface area (Å²) in [4.78, 5) is 28.5. The van der Waals surface area contributed by atoms with Crippen LogP contribution in [0.1, 0.15) is 26.7 Å². The number of halogens is 7. The number of rotatable bonds is 3. The van der Waals surface area contributed by atoms with Gasteiger partial charge >= 0.3 is 18.4 Å². The number of aromatic nitrogens is 1. The number of likely N-dealkylation sites (tertiary alicyclic amines) is 1. The summed E-state index contributed by atoms with van der Waals surface area (Å²) >= 11 is 0. The SMILES string of the molecule is C.O=C(Nc1cncc(F)c1)C1CC12CCN(C(=O)OC(C(F)(F)F)C(F)(F)F)CC2. The van der Waals surface area contributed by atoms with Gasteiger partial charge in [-0.2, -0.15) is 26.3 Å². The Kier molecular flexibility index (Phi) is 6.76. The third kappa shape index (κ3) is 5.56. The molecule has 3 rings (SSSR count). The van der Waals surface area contributed by atoms with Gasteiger partial charge in [-0.15, -0.1) is 0 Å². The van der Waals surface area contributed by atoms with Crippen molar-refractivity contribution in [2.45, 2.75) is 45.1 Å². The molecule has 1 aromatic rings. The van der Waals surface area contributed by atoms with Crippen LogP contribution in [0.25, 0.3) is 0 Å². The van der Waals surface area contributed by atoms with Crippen molar-refractivity contribution in [2.24, 2.45) is 11.3 Å². The highest BCUT2D eigenvalue weighted by atomic mass is 19.4. The minimum atomic E-state index is -5.78. The van der Waals surface area contributed by atoms with Gasteiger partial charge in [-0.3, -0.25) is 9.78 Å². The van der Waals surface area contributed by atoms with Gasteiger partial charge in [0.05, 0.1) is 18.1 Å². The first kappa shape index (κ1) is 24.7. The van der Waals surface area contributed by atoms with Crippen LogP contribution in [0.5, 0.6) is 0 Å². The molecule has 1 aromatic heterocycles. The number of anilines is 1. The molecule has 2 aliphatic rings. The van der Waals surface area contributed by atoms with E-state index in [-0.39, 0.29) is 39.0 Å². The third-order valence-electron chi connectivity index (χ3n) is 5.31. The smallest absolute Gasteiger partial charge is 0.426 e. The fraction of sp³-hybridized carbons (Fsp3) is 0.611. The summed E-state index contributed by atoms with van der Waals surface area (Å²) in [6.45, 7) is -0.293. The molecule has 1 aliphatic carbocycles. The third-order valence-corrected chi connectivity index (χ3v) is 5.31. The molecule has 0 bridgehead atoms. The second-order valence-corrected chi connectivity index (χ2v) is 7.33. The predicted molar refractivity (Wildman–Crippen MR) is 93.3 cm³/mol. The summed E-state index contributed by atoms with van der Waals surface area (Å²) < 4.78 is 92.0. The van der Waals surface area contributed by atoms with Crippen LogP contribution < -0.4 is 5.32 Å². The first-order chi connectivity index (χ1) is 13.8. The number of hydrogen-bond donors (Lipinski definition) is 1. The Hall–Kier alpha value is -2.60. The zero-order valence-corrected chi connectivity index (χ0v) is 15.2. The van der Waals surface area contributed by atoms with Crippen molar-refractivity contribution in [1.82, 2.24) is 9.88 Å². The lowest BCUT2D eigenvalue weighted by Crippen LogP contribution is -2.49. The lowest BCUT2D eigenvalue weighted by atomic mass is 9.91. The van der Waals surface area contributed by atoms with Gasteiger partial charge < -0.3 is 15.0 Å². The predicted octanol–water partition coefficient (Wildman–Crippen LogP) is 4.53. The molecule has 13 heteroatoms. The fourth-order valence-electron chi connectivity index (χ4n) is 3.61. The molecule has 1 saturated heterocycles. The van der Waals surface area contributed by atoms with Crippen LogP contribution >= 0.6 is 0 Å². The van der Waals surface area contributed by atoms with E-state index in [9.17, 15) is 40.3 Å². The van der Waals surface area contributed by atoms with Crippen molar-refractivity contribution in [3.8, 4) is 0 Å². The molecule has 31 heavy (non-hydrogen) atoms. The number of amides is 2. The van der Waals surface area contributed by atoms with Crippen LogP contribution in [0.15, 0.2) is 18.5 Å². The van der Waals surface area contributed by atoms with Gasteiger partial charge in [-0.1, -0.05) is 7.43 Å². The lowest BCUT2D eigenvalue weighted by Gasteiger charge is -2.33.